The number of benzene rings is 2. The van der Waals surface area contributed by atoms with E-state index in [9.17, 15) is 4.21 Å². The lowest BCUT2D eigenvalue weighted by atomic mass is 10.1. The standard InChI is InChI=1S/C12H12O2S2/c1-2-14-16(13,15)12-9-5-7-10-6-3-4-8-11(10)12/h3-9H,2H2,1H3. The Hall–Kier alpha value is -0.970. The third kappa shape index (κ3) is 2.09. The summed E-state index contributed by atoms with van der Waals surface area (Å²) in [5, 5.41) is 1.93. The number of hydrogen-bond acceptors (Lipinski definition) is 3. The van der Waals surface area contributed by atoms with Crippen molar-refractivity contribution in [3.63, 3.8) is 0 Å². The molecule has 0 bridgehead atoms. The van der Waals surface area contributed by atoms with Crippen LogP contribution < -0.4 is 0 Å². The van der Waals surface area contributed by atoms with Gasteiger partial charge in [-0.2, -0.15) is 0 Å². The van der Waals surface area contributed by atoms with Gasteiger partial charge in [0, 0.05) is 16.6 Å². The zero-order valence-corrected chi connectivity index (χ0v) is 10.5. The van der Waals surface area contributed by atoms with Gasteiger partial charge in [0.05, 0.1) is 11.5 Å². The second-order valence-electron chi connectivity index (χ2n) is 3.34. The number of rotatable bonds is 3. The Bertz CT molecular complexity index is 598. The van der Waals surface area contributed by atoms with E-state index in [1.54, 1.807) is 13.0 Å². The highest BCUT2D eigenvalue weighted by molar-refractivity contribution is 8.30. The van der Waals surface area contributed by atoms with Crippen molar-refractivity contribution >= 4 is 30.7 Å². The first-order chi connectivity index (χ1) is 7.65. The van der Waals surface area contributed by atoms with E-state index in [1.807, 2.05) is 36.4 Å². The minimum absolute atomic E-state index is 0.353. The van der Waals surface area contributed by atoms with E-state index in [0.29, 0.717) is 11.5 Å². The maximum atomic E-state index is 12.2. The summed E-state index contributed by atoms with van der Waals surface area (Å²) in [4.78, 5) is 0.599. The molecule has 0 heterocycles. The van der Waals surface area contributed by atoms with E-state index in [-0.39, 0.29) is 0 Å². The summed E-state index contributed by atoms with van der Waals surface area (Å²) < 4.78 is 17.4. The zero-order chi connectivity index (χ0) is 11.6. The van der Waals surface area contributed by atoms with Gasteiger partial charge >= 0.3 is 0 Å². The number of hydrogen-bond donors (Lipinski definition) is 0. The molecule has 0 fully saturated rings. The summed E-state index contributed by atoms with van der Waals surface area (Å²) in [6.45, 7) is 2.14. The van der Waals surface area contributed by atoms with E-state index >= 15 is 0 Å². The van der Waals surface area contributed by atoms with E-state index in [4.69, 9.17) is 15.4 Å². The molecular weight excluding hydrogens is 240 g/mol. The van der Waals surface area contributed by atoms with Gasteiger partial charge in [-0.1, -0.05) is 36.4 Å². The predicted molar refractivity (Wildman–Crippen MR) is 69.3 cm³/mol. The van der Waals surface area contributed by atoms with Crippen molar-refractivity contribution in [2.75, 3.05) is 6.61 Å². The van der Waals surface area contributed by atoms with E-state index in [0.717, 1.165) is 10.8 Å². The molecule has 0 saturated carbocycles. The van der Waals surface area contributed by atoms with Crippen LogP contribution in [0.2, 0.25) is 0 Å². The van der Waals surface area contributed by atoms with Crippen molar-refractivity contribution in [1.29, 1.82) is 0 Å². The Labute approximate surface area is 100 Å². The quantitative estimate of drug-likeness (QED) is 0.840. The van der Waals surface area contributed by atoms with Gasteiger partial charge in [0.15, 0.2) is 8.77 Å². The van der Waals surface area contributed by atoms with E-state index in [2.05, 4.69) is 0 Å². The summed E-state index contributed by atoms with van der Waals surface area (Å²) in [5.41, 5.74) is 0. The first-order valence-electron chi connectivity index (χ1n) is 5.02. The van der Waals surface area contributed by atoms with Crippen molar-refractivity contribution in [1.82, 2.24) is 0 Å². The summed E-state index contributed by atoms with van der Waals surface area (Å²) in [6.07, 6.45) is 0. The largest absolute Gasteiger partial charge is 0.287 e. The van der Waals surface area contributed by atoms with Gasteiger partial charge in [-0.15, -0.1) is 0 Å². The maximum Gasteiger partial charge on any atom is 0.174 e. The topological polar surface area (TPSA) is 26.3 Å². The van der Waals surface area contributed by atoms with Gasteiger partial charge in [0.2, 0.25) is 0 Å². The lowest BCUT2D eigenvalue weighted by Gasteiger charge is -2.09. The highest BCUT2D eigenvalue weighted by atomic mass is 32.8. The first-order valence-corrected chi connectivity index (χ1v) is 7.43. The molecule has 2 nitrogen and oxygen atoms in total. The molecule has 0 aliphatic heterocycles. The van der Waals surface area contributed by atoms with Crippen LogP contribution in [0.1, 0.15) is 6.92 Å². The molecule has 4 heteroatoms. The average molecular weight is 252 g/mol. The molecule has 0 radical (unpaired) electrons. The van der Waals surface area contributed by atoms with Crippen LogP contribution in [0.25, 0.3) is 10.8 Å². The highest BCUT2D eigenvalue weighted by Crippen LogP contribution is 2.24. The summed E-state index contributed by atoms with van der Waals surface area (Å²) in [7, 11) is -2.80. The van der Waals surface area contributed by atoms with Crippen molar-refractivity contribution in [2.24, 2.45) is 0 Å². The first kappa shape index (κ1) is 11.5. The molecule has 2 aromatic rings. The van der Waals surface area contributed by atoms with Crippen LogP contribution >= 0.6 is 0 Å². The van der Waals surface area contributed by atoms with Crippen LogP contribution in [0, 0.1) is 0 Å². The van der Waals surface area contributed by atoms with Gasteiger partial charge in [-0.3, -0.25) is 4.18 Å². The Morgan fingerprint density at radius 3 is 2.62 bits per heavy atom. The average Bonchev–Trinajstić information content (AvgIpc) is 2.28. The fourth-order valence-corrected chi connectivity index (χ4v) is 3.49. The Balaban J connectivity index is 2.70. The minimum Gasteiger partial charge on any atom is -0.287 e. The van der Waals surface area contributed by atoms with Crippen LogP contribution in [0.4, 0.5) is 0 Å². The Morgan fingerprint density at radius 1 is 1.19 bits per heavy atom. The van der Waals surface area contributed by atoms with Gasteiger partial charge in [-0.05, 0) is 18.4 Å². The molecule has 0 N–H and O–H groups in total. The lowest BCUT2D eigenvalue weighted by Crippen LogP contribution is -2.04. The minimum atomic E-state index is -2.80. The maximum absolute atomic E-state index is 12.2. The molecule has 2 aromatic carbocycles. The van der Waals surface area contributed by atoms with Crippen LogP contribution in [0.3, 0.4) is 0 Å². The molecule has 2 rings (SSSR count). The molecule has 0 amide bonds. The molecule has 1 unspecified atom stereocenters. The van der Waals surface area contributed by atoms with Crippen LogP contribution in [-0.4, -0.2) is 10.8 Å². The number of fused-ring (bicyclic) bond motifs is 1. The summed E-state index contributed by atoms with van der Waals surface area (Å²) in [5.74, 6) is 0. The SMILES string of the molecule is CCOS(=O)(=S)c1cccc2ccccc12. The summed E-state index contributed by atoms with van der Waals surface area (Å²) >= 11 is 5.04. The Morgan fingerprint density at radius 2 is 1.88 bits per heavy atom. The summed E-state index contributed by atoms with van der Waals surface area (Å²) in [6, 6.07) is 13.3. The normalized spacial score (nSPS) is 14.8. The van der Waals surface area contributed by atoms with Crippen molar-refractivity contribution in [3.8, 4) is 0 Å². The van der Waals surface area contributed by atoms with Gasteiger partial charge in [0.1, 0.15) is 0 Å². The Kier molecular flexibility index (Phi) is 3.23. The van der Waals surface area contributed by atoms with Gasteiger partial charge in [-0.25, -0.2) is 4.21 Å². The predicted octanol–water partition coefficient (Wildman–Crippen LogP) is 2.90. The monoisotopic (exact) mass is 252 g/mol. The smallest absolute Gasteiger partial charge is 0.174 e. The third-order valence-corrected chi connectivity index (χ3v) is 4.56. The van der Waals surface area contributed by atoms with Gasteiger partial charge < -0.3 is 0 Å². The van der Waals surface area contributed by atoms with Gasteiger partial charge in [0.25, 0.3) is 0 Å². The second kappa shape index (κ2) is 4.49. The molecule has 0 spiro atoms. The highest BCUT2D eigenvalue weighted by Gasteiger charge is 2.12. The molecule has 84 valence electrons. The molecule has 0 saturated heterocycles. The molecule has 0 aliphatic rings. The van der Waals surface area contributed by atoms with Crippen LogP contribution in [0.5, 0.6) is 0 Å². The molecule has 0 aromatic heterocycles. The molecular formula is C12H12O2S2. The van der Waals surface area contributed by atoms with Crippen LogP contribution in [0.15, 0.2) is 47.4 Å². The third-order valence-electron chi connectivity index (χ3n) is 2.29. The zero-order valence-electron chi connectivity index (χ0n) is 8.88. The second-order valence-corrected chi connectivity index (χ2v) is 6.24. The van der Waals surface area contributed by atoms with E-state index < -0.39 is 8.77 Å². The molecule has 1 atom stereocenters. The van der Waals surface area contributed by atoms with Crippen molar-refractivity contribution in [2.45, 2.75) is 11.8 Å². The fourth-order valence-electron chi connectivity index (χ4n) is 1.63. The molecule has 16 heavy (non-hydrogen) atoms. The van der Waals surface area contributed by atoms with E-state index in [1.165, 1.54) is 0 Å². The van der Waals surface area contributed by atoms with Crippen molar-refractivity contribution in [3.05, 3.63) is 42.5 Å². The lowest BCUT2D eigenvalue weighted by molar-refractivity contribution is 0.370. The van der Waals surface area contributed by atoms with Crippen molar-refractivity contribution < 1.29 is 8.39 Å². The fraction of sp³-hybridized carbons (Fsp3) is 0.167. The van der Waals surface area contributed by atoms with Crippen LogP contribution in [-0.2, 0) is 24.1 Å². The molecule has 0 aliphatic carbocycles.